The molecule has 5 nitrogen and oxygen atoms in total. The second-order valence-corrected chi connectivity index (χ2v) is 7.88. The average Bonchev–Trinajstić information content (AvgIpc) is 3.29. The standard InChI is InChI=1S/C18H20N2O3S/c1-10-8-23-9-14(10)18(22)20-7-13-5-15(20)17(13)19-16(21)6-12-3-4-24-11(12)2/h3-4,8-9,13,15,17H,5-7H2,1-2H3,(H,19,21). The van der Waals surface area contributed by atoms with E-state index < -0.39 is 0 Å². The van der Waals surface area contributed by atoms with Gasteiger partial charge in [-0.1, -0.05) is 0 Å². The molecular weight excluding hydrogens is 324 g/mol. The molecule has 3 unspecified atom stereocenters. The summed E-state index contributed by atoms with van der Waals surface area (Å²) < 4.78 is 5.12. The Morgan fingerprint density at radius 2 is 2.21 bits per heavy atom. The maximum Gasteiger partial charge on any atom is 0.257 e. The van der Waals surface area contributed by atoms with Crippen LogP contribution in [0.5, 0.6) is 0 Å². The molecule has 2 bridgehead atoms. The van der Waals surface area contributed by atoms with Crippen LogP contribution in [0.4, 0.5) is 0 Å². The summed E-state index contributed by atoms with van der Waals surface area (Å²) in [5, 5.41) is 5.15. The van der Waals surface area contributed by atoms with Gasteiger partial charge in [-0.3, -0.25) is 9.59 Å². The Kier molecular flexibility index (Phi) is 3.72. The predicted molar refractivity (Wildman–Crippen MR) is 91.1 cm³/mol. The van der Waals surface area contributed by atoms with E-state index in [9.17, 15) is 9.59 Å². The summed E-state index contributed by atoms with van der Waals surface area (Å²) in [6.07, 6.45) is 4.50. The molecule has 6 heteroatoms. The van der Waals surface area contributed by atoms with Gasteiger partial charge in [0.2, 0.25) is 5.91 Å². The van der Waals surface area contributed by atoms with Gasteiger partial charge in [0.15, 0.2) is 0 Å². The van der Waals surface area contributed by atoms with Crippen molar-refractivity contribution in [2.24, 2.45) is 5.92 Å². The summed E-state index contributed by atoms with van der Waals surface area (Å²) in [5.74, 6) is 0.433. The van der Waals surface area contributed by atoms with Gasteiger partial charge in [0.25, 0.3) is 5.91 Å². The highest BCUT2D eigenvalue weighted by Crippen LogP contribution is 2.42. The van der Waals surface area contributed by atoms with E-state index in [2.05, 4.69) is 5.32 Å². The number of thiophene rings is 1. The van der Waals surface area contributed by atoms with Gasteiger partial charge >= 0.3 is 0 Å². The molecule has 1 saturated carbocycles. The van der Waals surface area contributed by atoms with Crippen LogP contribution in [-0.2, 0) is 11.2 Å². The molecule has 3 atom stereocenters. The molecule has 2 aromatic heterocycles. The van der Waals surface area contributed by atoms with Gasteiger partial charge in [0.1, 0.15) is 6.26 Å². The molecule has 5 rings (SSSR count). The number of carbonyl (C=O) groups excluding carboxylic acids is 2. The highest BCUT2D eigenvalue weighted by atomic mass is 32.1. The first-order valence-electron chi connectivity index (χ1n) is 8.20. The van der Waals surface area contributed by atoms with Crippen molar-refractivity contribution in [1.29, 1.82) is 0 Å². The highest BCUT2D eigenvalue weighted by Gasteiger charge is 2.54. The van der Waals surface area contributed by atoms with E-state index in [0.29, 0.717) is 17.9 Å². The first kappa shape index (κ1) is 15.4. The van der Waals surface area contributed by atoms with E-state index in [4.69, 9.17) is 4.42 Å². The van der Waals surface area contributed by atoms with E-state index in [1.807, 2.05) is 30.2 Å². The summed E-state index contributed by atoms with van der Waals surface area (Å²) in [4.78, 5) is 28.1. The number of furan rings is 1. The van der Waals surface area contributed by atoms with Gasteiger partial charge in [-0.05, 0) is 42.8 Å². The van der Waals surface area contributed by atoms with Crippen molar-refractivity contribution in [2.75, 3.05) is 6.54 Å². The molecule has 126 valence electrons. The highest BCUT2D eigenvalue weighted by molar-refractivity contribution is 7.10. The molecule has 24 heavy (non-hydrogen) atoms. The minimum atomic E-state index is 0.0131. The molecule has 0 spiro atoms. The molecule has 2 amide bonds. The maximum atomic E-state index is 12.7. The lowest BCUT2D eigenvalue weighted by Gasteiger charge is -2.36. The van der Waals surface area contributed by atoms with Crippen LogP contribution < -0.4 is 5.32 Å². The number of aryl methyl sites for hydroxylation is 2. The number of nitrogens with zero attached hydrogens (tertiary/aromatic N) is 1. The molecule has 2 aromatic rings. The molecule has 4 heterocycles. The van der Waals surface area contributed by atoms with Gasteiger partial charge in [-0.25, -0.2) is 0 Å². The number of amides is 2. The minimum absolute atomic E-state index is 0.0131. The third kappa shape index (κ3) is 2.45. The molecular formula is C18H20N2O3S. The molecule has 2 saturated heterocycles. The fourth-order valence-corrected chi connectivity index (χ4v) is 4.53. The second-order valence-electron chi connectivity index (χ2n) is 6.76. The van der Waals surface area contributed by atoms with Crippen LogP contribution in [0.25, 0.3) is 0 Å². The van der Waals surface area contributed by atoms with E-state index in [-0.39, 0.29) is 23.9 Å². The summed E-state index contributed by atoms with van der Waals surface area (Å²) in [7, 11) is 0. The third-order valence-corrected chi connectivity index (χ3v) is 6.18. The van der Waals surface area contributed by atoms with Gasteiger partial charge in [-0.15, -0.1) is 11.3 Å². The number of fused-ring (bicyclic) bond motifs is 1. The fraction of sp³-hybridized carbons (Fsp3) is 0.444. The summed E-state index contributed by atoms with van der Waals surface area (Å²) in [5.41, 5.74) is 2.57. The average molecular weight is 344 g/mol. The zero-order valence-corrected chi connectivity index (χ0v) is 14.6. The smallest absolute Gasteiger partial charge is 0.257 e. The Morgan fingerprint density at radius 1 is 1.38 bits per heavy atom. The lowest BCUT2D eigenvalue weighted by Crippen LogP contribution is -2.55. The Labute approximate surface area is 144 Å². The zero-order chi connectivity index (χ0) is 16.8. The Hall–Kier alpha value is -2.08. The number of hydrogen-bond donors (Lipinski definition) is 1. The van der Waals surface area contributed by atoms with E-state index in [1.54, 1.807) is 17.6 Å². The topological polar surface area (TPSA) is 62.6 Å². The van der Waals surface area contributed by atoms with Crippen molar-refractivity contribution in [3.63, 3.8) is 0 Å². The normalized spacial score (nSPS) is 24.8. The van der Waals surface area contributed by atoms with Crippen molar-refractivity contribution in [3.8, 4) is 0 Å². The van der Waals surface area contributed by atoms with Crippen LogP contribution >= 0.6 is 11.3 Å². The van der Waals surface area contributed by atoms with Gasteiger partial charge in [-0.2, -0.15) is 0 Å². The Morgan fingerprint density at radius 3 is 2.88 bits per heavy atom. The lowest BCUT2D eigenvalue weighted by molar-refractivity contribution is -0.122. The van der Waals surface area contributed by atoms with Crippen molar-refractivity contribution < 1.29 is 14.0 Å². The van der Waals surface area contributed by atoms with Gasteiger partial charge in [0.05, 0.1) is 30.3 Å². The minimum Gasteiger partial charge on any atom is -0.471 e. The molecule has 0 aromatic carbocycles. The number of nitrogens with one attached hydrogen (secondary N) is 1. The quantitative estimate of drug-likeness (QED) is 0.927. The zero-order valence-electron chi connectivity index (χ0n) is 13.7. The SMILES string of the molecule is Cc1cocc1C(=O)N1CC2CC1C2NC(=O)Cc1ccsc1C. The van der Waals surface area contributed by atoms with Crippen LogP contribution in [0, 0.1) is 19.8 Å². The monoisotopic (exact) mass is 344 g/mol. The predicted octanol–water partition coefficient (Wildman–Crippen LogP) is 2.53. The second kappa shape index (κ2) is 5.77. The molecule has 1 aliphatic carbocycles. The van der Waals surface area contributed by atoms with Gasteiger partial charge < -0.3 is 14.6 Å². The first-order chi connectivity index (χ1) is 11.5. The summed E-state index contributed by atoms with van der Waals surface area (Å²) in [6.45, 7) is 4.63. The van der Waals surface area contributed by atoms with E-state index >= 15 is 0 Å². The van der Waals surface area contributed by atoms with Crippen LogP contribution in [0.1, 0.15) is 32.8 Å². The molecule has 2 aliphatic heterocycles. The Bertz CT molecular complexity index is 794. The van der Waals surface area contributed by atoms with E-state index in [1.165, 1.54) is 11.1 Å². The van der Waals surface area contributed by atoms with Crippen LogP contribution in [0.3, 0.4) is 0 Å². The Balaban J connectivity index is 1.39. The van der Waals surface area contributed by atoms with Crippen LogP contribution in [-0.4, -0.2) is 35.3 Å². The van der Waals surface area contributed by atoms with Crippen molar-refractivity contribution in [3.05, 3.63) is 45.5 Å². The van der Waals surface area contributed by atoms with Crippen LogP contribution in [0.15, 0.2) is 28.4 Å². The number of rotatable bonds is 4. The van der Waals surface area contributed by atoms with Crippen molar-refractivity contribution in [1.82, 2.24) is 10.2 Å². The fourth-order valence-electron chi connectivity index (χ4n) is 3.81. The largest absolute Gasteiger partial charge is 0.471 e. The molecule has 3 fully saturated rings. The molecule has 1 N–H and O–H groups in total. The van der Waals surface area contributed by atoms with Gasteiger partial charge in [0, 0.05) is 17.3 Å². The lowest BCUT2D eigenvalue weighted by atomic mass is 9.80. The number of hydrogen-bond acceptors (Lipinski definition) is 4. The molecule has 0 radical (unpaired) electrons. The number of carbonyl (C=O) groups is 2. The van der Waals surface area contributed by atoms with Crippen molar-refractivity contribution in [2.45, 2.75) is 38.8 Å². The van der Waals surface area contributed by atoms with Crippen LogP contribution in [0.2, 0.25) is 0 Å². The third-order valence-electron chi connectivity index (χ3n) is 5.29. The molecule has 3 aliphatic rings. The van der Waals surface area contributed by atoms with Crippen molar-refractivity contribution >= 4 is 23.2 Å². The summed E-state index contributed by atoms with van der Waals surface area (Å²) in [6, 6.07) is 2.21. The first-order valence-corrected chi connectivity index (χ1v) is 9.08. The summed E-state index contributed by atoms with van der Waals surface area (Å²) >= 11 is 1.66. The van der Waals surface area contributed by atoms with E-state index in [0.717, 1.165) is 24.1 Å². The maximum absolute atomic E-state index is 12.7.